The summed E-state index contributed by atoms with van der Waals surface area (Å²) in [6.45, 7) is 6.54. The number of carbonyl (C=O) groups excluding carboxylic acids is 3. The first-order valence-corrected chi connectivity index (χ1v) is 10.3. The van der Waals surface area contributed by atoms with Crippen molar-refractivity contribution in [2.45, 2.75) is 46.2 Å². The molecule has 1 fully saturated rings. The molecule has 3 aromatic rings. The Kier molecular flexibility index (Phi) is 5.20. The van der Waals surface area contributed by atoms with Crippen molar-refractivity contribution in [1.82, 2.24) is 19.8 Å². The largest absolute Gasteiger partial charge is 0.361 e. The zero-order valence-corrected chi connectivity index (χ0v) is 17.5. The molecule has 1 aromatic carbocycles. The lowest BCUT2D eigenvalue weighted by Crippen LogP contribution is -2.36. The van der Waals surface area contributed by atoms with Crippen LogP contribution in [0.1, 0.15) is 40.7 Å². The van der Waals surface area contributed by atoms with Gasteiger partial charge in [0.25, 0.3) is 5.91 Å². The van der Waals surface area contributed by atoms with Crippen molar-refractivity contribution >= 4 is 28.6 Å². The summed E-state index contributed by atoms with van der Waals surface area (Å²) >= 11 is 0. The van der Waals surface area contributed by atoms with E-state index in [1.807, 2.05) is 50.4 Å². The number of Topliss-reactive ketones (excluding diaryl/α,β-unsaturated/α-hetero) is 1. The Labute approximate surface area is 175 Å². The number of carbonyl (C=O) groups is 3. The Balaban J connectivity index is 1.49. The third-order valence-electron chi connectivity index (χ3n) is 5.83. The number of H-pyrrole nitrogens is 1. The molecule has 2 aromatic heterocycles. The summed E-state index contributed by atoms with van der Waals surface area (Å²) in [5.74, 6) is -0.581. The molecule has 1 saturated heterocycles. The highest BCUT2D eigenvalue weighted by atomic mass is 16.2. The molecule has 1 aliphatic rings. The Morgan fingerprint density at radius 3 is 2.70 bits per heavy atom. The van der Waals surface area contributed by atoms with Gasteiger partial charge in [-0.3, -0.25) is 14.5 Å². The number of rotatable bonds is 7. The van der Waals surface area contributed by atoms with E-state index in [9.17, 15) is 14.4 Å². The van der Waals surface area contributed by atoms with Crippen LogP contribution in [-0.2, 0) is 17.8 Å². The van der Waals surface area contributed by atoms with Crippen molar-refractivity contribution in [2.75, 3.05) is 6.54 Å². The quantitative estimate of drug-likeness (QED) is 0.466. The van der Waals surface area contributed by atoms with E-state index in [1.165, 1.54) is 0 Å². The van der Waals surface area contributed by atoms with E-state index < -0.39 is 12.1 Å². The Bertz CT molecular complexity index is 1140. The van der Waals surface area contributed by atoms with Crippen LogP contribution in [0.5, 0.6) is 0 Å². The molecule has 0 radical (unpaired) electrons. The number of amides is 3. The van der Waals surface area contributed by atoms with Crippen LogP contribution in [-0.4, -0.2) is 44.8 Å². The number of aromatic nitrogens is 2. The average Bonchev–Trinajstić information content (AvgIpc) is 3.34. The van der Waals surface area contributed by atoms with Crippen LogP contribution in [0, 0.1) is 13.8 Å². The SMILES string of the molecule is CCCn1c(C)cc(C(=O)CN2C(=O)N[C@@H](Cc3c[nH]c4ccccc34)C2=O)c1C. The van der Waals surface area contributed by atoms with E-state index in [-0.39, 0.29) is 18.2 Å². The summed E-state index contributed by atoms with van der Waals surface area (Å²) in [7, 11) is 0. The summed E-state index contributed by atoms with van der Waals surface area (Å²) in [4.78, 5) is 42.4. The maximum absolute atomic E-state index is 12.9. The van der Waals surface area contributed by atoms with E-state index in [2.05, 4.69) is 21.8 Å². The third-order valence-corrected chi connectivity index (χ3v) is 5.83. The maximum atomic E-state index is 12.9. The molecule has 3 heterocycles. The lowest BCUT2D eigenvalue weighted by atomic mass is 10.0. The highest BCUT2D eigenvalue weighted by Gasteiger charge is 2.39. The number of hydrogen-bond acceptors (Lipinski definition) is 3. The predicted molar refractivity (Wildman–Crippen MR) is 115 cm³/mol. The van der Waals surface area contributed by atoms with Gasteiger partial charge in [0.2, 0.25) is 0 Å². The first-order chi connectivity index (χ1) is 14.4. The van der Waals surface area contributed by atoms with Crippen LogP contribution < -0.4 is 5.32 Å². The van der Waals surface area contributed by atoms with E-state index in [0.29, 0.717) is 12.0 Å². The third kappa shape index (κ3) is 3.40. The zero-order chi connectivity index (χ0) is 21.4. The molecule has 0 unspecified atom stereocenters. The second kappa shape index (κ2) is 7.82. The molecule has 30 heavy (non-hydrogen) atoms. The number of benzene rings is 1. The molecular formula is C23H26N4O3. The van der Waals surface area contributed by atoms with Gasteiger partial charge in [-0.05, 0) is 38.0 Å². The van der Waals surface area contributed by atoms with Crippen molar-refractivity contribution in [3.05, 3.63) is 59.0 Å². The van der Waals surface area contributed by atoms with Crippen LogP contribution >= 0.6 is 0 Å². The van der Waals surface area contributed by atoms with E-state index in [4.69, 9.17) is 0 Å². The Hall–Kier alpha value is -3.35. The van der Waals surface area contributed by atoms with Crippen molar-refractivity contribution in [1.29, 1.82) is 0 Å². The number of aromatic amines is 1. The summed E-state index contributed by atoms with van der Waals surface area (Å²) in [6, 6.07) is 8.49. The molecule has 0 aliphatic carbocycles. The van der Waals surface area contributed by atoms with Crippen molar-refractivity contribution in [3.8, 4) is 0 Å². The van der Waals surface area contributed by atoms with Gasteiger partial charge in [0, 0.05) is 47.0 Å². The number of fused-ring (bicyclic) bond motifs is 1. The molecular weight excluding hydrogens is 380 g/mol. The van der Waals surface area contributed by atoms with E-state index >= 15 is 0 Å². The van der Waals surface area contributed by atoms with Crippen molar-refractivity contribution in [3.63, 3.8) is 0 Å². The van der Waals surface area contributed by atoms with Crippen molar-refractivity contribution in [2.24, 2.45) is 0 Å². The maximum Gasteiger partial charge on any atom is 0.325 e. The molecule has 0 saturated carbocycles. The minimum atomic E-state index is -0.669. The predicted octanol–water partition coefficient (Wildman–Crippen LogP) is 3.34. The lowest BCUT2D eigenvalue weighted by molar-refractivity contribution is -0.127. The minimum Gasteiger partial charge on any atom is -0.361 e. The van der Waals surface area contributed by atoms with Crippen LogP contribution in [0.2, 0.25) is 0 Å². The van der Waals surface area contributed by atoms with Gasteiger partial charge in [0.15, 0.2) is 5.78 Å². The topological polar surface area (TPSA) is 87.2 Å². The molecule has 4 rings (SSSR count). The lowest BCUT2D eigenvalue weighted by Gasteiger charge is -2.13. The number of urea groups is 1. The van der Waals surface area contributed by atoms with Gasteiger partial charge >= 0.3 is 6.03 Å². The monoisotopic (exact) mass is 406 g/mol. The van der Waals surface area contributed by atoms with Crippen molar-refractivity contribution < 1.29 is 14.4 Å². The van der Waals surface area contributed by atoms with E-state index in [0.717, 1.165) is 45.7 Å². The number of imide groups is 1. The van der Waals surface area contributed by atoms with Gasteiger partial charge in [-0.25, -0.2) is 4.79 Å². The molecule has 156 valence electrons. The molecule has 2 N–H and O–H groups in total. The van der Waals surface area contributed by atoms with E-state index in [1.54, 1.807) is 0 Å². The van der Waals surface area contributed by atoms with Gasteiger partial charge in [-0.1, -0.05) is 25.1 Å². The highest BCUT2D eigenvalue weighted by molar-refractivity contribution is 6.09. The number of nitrogens with zero attached hydrogens (tertiary/aromatic N) is 2. The van der Waals surface area contributed by atoms with Gasteiger partial charge in [-0.15, -0.1) is 0 Å². The number of nitrogens with one attached hydrogen (secondary N) is 2. The second-order valence-electron chi connectivity index (χ2n) is 7.85. The number of hydrogen-bond donors (Lipinski definition) is 2. The smallest absolute Gasteiger partial charge is 0.325 e. The first-order valence-electron chi connectivity index (χ1n) is 10.3. The standard InChI is InChI=1S/C23H26N4O3/c1-4-9-26-14(2)10-18(15(26)3)21(28)13-27-22(29)20(25-23(27)30)11-16-12-24-19-8-6-5-7-17(16)19/h5-8,10,12,20,24H,4,9,11,13H2,1-3H3,(H,25,30)/t20-/m0/s1. The molecule has 1 atom stereocenters. The Morgan fingerprint density at radius 1 is 1.17 bits per heavy atom. The van der Waals surface area contributed by atoms with Gasteiger partial charge in [0.05, 0.1) is 6.54 Å². The summed E-state index contributed by atoms with van der Waals surface area (Å²) in [5, 5.41) is 3.76. The fourth-order valence-electron chi connectivity index (χ4n) is 4.27. The fourth-order valence-corrected chi connectivity index (χ4v) is 4.27. The highest BCUT2D eigenvalue weighted by Crippen LogP contribution is 2.22. The fraction of sp³-hybridized carbons (Fsp3) is 0.348. The van der Waals surface area contributed by atoms with Crippen LogP contribution in [0.3, 0.4) is 0 Å². The van der Waals surface area contributed by atoms with Gasteiger partial charge < -0.3 is 14.9 Å². The molecule has 7 nitrogen and oxygen atoms in total. The van der Waals surface area contributed by atoms with Gasteiger partial charge in [0.1, 0.15) is 6.04 Å². The van der Waals surface area contributed by atoms with Crippen LogP contribution in [0.4, 0.5) is 4.79 Å². The summed E-state index contributed by atoms with van der Waals surface area (Å²) in [6.07, 6.45) is 3.21. The van der Waals surface area contributed by atoms with Crippen LogP contribution in [0.15, 0.2) is 36.5 Å². The molecule has 1 aliphatic heterocycles. The summed E-state index contributed by atoms with van der Waals surface area (Å²) < 4.78 is 2.10. The molecule has 0 spiro atoms. The Morgan fingerprint density at radius 2 is 1.93 bits per heavy atom. The second-order valence-corrected chi connectivity index (χ2v) is 7.85. The summed E-state index contributed by atoms with van der Waals surface area (Å²) in [5.41, 5.74) is 4.40. The first kappa shape index (κ1) is 19.9. The number of aryl methyl sites for hydroxylation is 1. The normalized spacial score (nSPS) is 16.5. The molecule has 3 amide bonds. The number of para-hydroxylation sites is 1. The molecule has 0 bridgehead atoms. The average molecular weight is 406 g/mol. The van der Waals surface area contributed by atoms with Crippen LogP contribution in [0.25, 0.3) is 10.9 Å². The number of ketones is 1. The zero-order valence-electron chi connectivity index (χ0n) is 17.5. The minimum absolute atomic E-state index is 0.221. The van der Waals surface area contributed by atoms with Gasteiger partial charge in [-0.2, -0.15) is 0 Å². The molecule has 7 heteroatoms.